The predicted octanol–water partition coefficient (Wildman–Crippen LogP) is 3.22. The summed E-state index contributed by atoms with van der Waals surface area (Å²) < 4.78 is 4.83. The van der Waals surface area contributed by atoms with Gasteiger partial charge >= 0.3 is 5.97 Å². The molecule has 1 aliphatic rings. The lowest BCUT2D eigenvalue weighted by Crippen LogP contribution is -2.44. The molecule has 0 aliphatic carbocycles. The molecule has 0 fully saturated rings. The maximum Gasteiger partial charge on any atom is 0.374 e. The number of aryl methyl sites for hydroxylation is 1. The van der Waals surface area contributed by atoms with E-state index in [2.05, 4.69) is 0 Å². The molecule has 0 unspecified atom stereocenters. The van der Waals surface area contributed by atoms with Crippen LogP contribution in [-0.2, 0) is 19.1 Å². The number of Topliss-reactive ketones (excluding diaryl/α,β-unsaturated/α-hetero) is 2. The maximum atomic E-state index is 13.2. The average Bonchev–Trinajstić information content (AvgIpc) is 3.00. The first-order valence-electron chi connectivity index (χ1n) is 9.54. The lowest BCUT2D eigenvalue weighted by molar-refractivity contribution is -0.153. The van der Waals surface area contributed by atoms with E-state index < -0.39 is 23.7 Å². The van der Waals surface area contributed by atoms with Gasteiger partial charge in [-0.25, -0.2) is 4.79 Å². The summed E-state index contributed by atoms with van der Waals surface area (Å²) in [5, 5.41) is 0. The zero-order valence-corrected chi connectivity index (χ0v) is 16.7. The maximum absolute atomic E-state index is 13.2. The number of ketones is 2. The molecule has 0 spiro atoms. The average molecular weight is 393 g/mol. The molecule has 2 aromatic rings. The van der Waals surface area contributed by atoms with Gasteiger partial charge in [-0.2, -0.15) is 0 Å². The van der Waals surface area contributed by atoms with Crippen molar-refractivity contribution in [3.63, 3.8) is 0 Å². The van der Waals surface area contributed by atoms with Crippen LogP contribution in [0.5, 0.6) is 0 Å². The van der Waals surface area contributed by atoms with Gasteiger partial charge in [0, 0.05) is 24.8 Å². The Bertz CT molecular complexity index is 963. The van der Waals surface area contributed by atoms with E-state index in [4.69, 9.17) is 4.74 Å². The quantitative estimate of drug-likeness (QED) is 0.556. The first-order chi connectivity index (χ1) is 13.8. The molecule has 1 heterocycles. The highest BCUT2D eigenvalue weighted by molar-refractivity contribution is 6.34. The van der Waals surface area contributed by atoms with Crippen molar-refractivity contribution >= 4 is 29.1 Å². The summed E-state index contributed by atoms with van der Waals surface area (Å²) >= 11 is 0. The van der Waals surface area contributed by atoms with Crippen molar-refractivity contribution in [2.45, 2.75) is 39.2 Å². The number of carbonyl (C=O) groups excluding carboxylic acids is 4. The number of hydrogen-bond acceptors (Lipinski definition) is 5. The summed E-state index contributed by atoms with van der Waals surface area (Å²) in [5.74, 6) is -2.85. The molecule has 3 rings (SSSR count). The van der Waals surface area contributed by atoms with Crippen LogP contribution in [0.4, 0.5) is 5.69 Å². The zero-order valence-electron chi connectivity index (χ0n) is 16.7. The lowest BCUT2D eigenvalue weighted by atomic mass is 9.84. The topological polar surface area (TPSA) is 80.8 Å². The molecule has 0 saturated carbocycles. The summed E-state index contributed by atoms with van der Waals surface area (Å²) in [5.41, 5.74) is 2.70. The van der Waals surface area contributed by atoms with Crippen molar-refractivity contribution < 1.29 is 23.9 Å². The molecule has 6 nitrogen and oxygen atoms in total. The molecule has 6 heteroatoms. The highest BCUT2D eigenvalue weighted by atomic mass is 16.5. The van der Waals surface area contributed by atoms with Crippen LogP contribution in [0, 0.1) is 6.92 Å². The number of amides is 1. The molecule has 29 heavy (non-hydrogen) atoms. The van der Waals surface area contributed by atoms with Crippen LogP contribution in [0.2, 0.25) is 0 Å². The molecule has 150 valence electrons. The summed E-state index contributed by atoms with van der Waals surface area (Å²) in [6, 6.07) is 13.4. The van der Waals surface area contributed by atoms with E-state index in [1.807, 2.05) is 31.2 Å². The summed E-state index contributed by atoms with van der Waals surface area (Å²) in [6.45, 7) is 5.03. The third-order valence-corrected chi connectivity index (χ3v) is 5.11. The SMILES string of the molecule is CCOC(=O)C(=O)C[C@H](c1ccc(C)cc1)[C@H]1C(=O)c2ccccc2N1C(C)=O. The Hall–Kier alpha value is -3.28. The van der Waals surface area contributed by atoms with E-state index in [9.17, 15) is 19.2 Å². The number of para-hydroxylation sites is 1. The van der Waals surface area contributed by atoms with Gasteiger partial charge in [-0.3, -0.25) is 14.4 Å². The van der Waals surface area contributed by atoms with E-state index in [0.717, 1.165) is 5.56 Å². The van der Waals surface area contributed by atoms with Gasteiger partial charge < -0.3 is 9.64 Å². The van der Waals surface area contributed by atoms with Gasteiger partial charge in [-0.05, 0) is 31.5 Å². The van der Waals surface area contributed by atoms with E-state index >= 15 is 0 Å². The van der Waals surface area contributed by atoms with Crippen LogP contribution >= 0.6 is 0 Å². The van der Waals surface area contributed by atoms with Gasteiger partial charge in [-0.15, -0.1) is 0 Å². The number of esters is 1. The highest BCUT2D eigenvalue weighted by Crippen LogP contribution is 2.40. The molecule has 1 aliphatic heterocycles. The second-order valence-corrected chi connectivity index (χ2v) is 7.08. The fraction of sp³-hybridized carbons (Fsp3) is 0.304. The fourth-order valence-electron chi connectivity index (χ4n) is 3.77. The van der Waals surface area contributed by atoms with Crippen molar-refractivity contribution in [2.75, 3.05) is 11.5 Å². The smallest absolute Gasteiger partial charge is 0.374 e. The second-order valence-electron chi connectivity index (χ2n) is 7.08. The van der Waals surface area contributed by atoms with Gasteiger partial charge in [-0.1, -0.05) is 42.0 Å². The number of hydrogen-bond donors (Lipinski definition) is 0. The predicted molar refractivity (Wildman–Crippen MR) is 108 cm³/mol. The molecule has 2 aromatic carbocycles. The van der Waals surface area contributed by atoms with Crippen LogP contribution in [0.15, 0.2) is 48.5 Å². The molecule has 0 bridgehead atoms. The second kappa shape index (κ2) is 8.39. The number of nitrogens with zero attached hydrogens (tertiary/aromatic N) is 1. The number of rotatable bonds is 6. The number of fused-ring (bicyclic) bond motifs is 1. The minimum Gasteiger partial charge on any atom is -0.460 e. The van der Waals surface area contributed by atoms with Crippen LogP contribution in [-0.4, -0.2) is 36.1 Å². The molecule has 0 radical (unpaired) electrons. The van der Waals surface area contributed by atoms with Crippen molar-refractivity contribution in [1.82, 2.24) is 0 Å². The number of anilines is 1. The van der Waals surface area contributed by atoms with Crippen molar-refractivity contribution in [2.24, 2.45) is 0 Å². The van der Waals surface area contributed by atoms with Crippen molar-refractivity contribution in [1.29, 1.82) is 0 Å². The Morgan fingerprint density at radius 2 is 1.72 bits per heavy atom. The van der Waals surface area contributed by atoms with Gasteiger partial charge in [0.1, 0.15) is 6.04 Å². The highest BCUT2D eigenvalue weighted by Gasteiger charge is 2.45. The number of benzene rings is 2. The number of carbonyl (C=O) groups is 4. The Balaban J connectivity index is 2.06. The largest absolute Gasteiger partial charge is 0.460 e. The van der Waals surface area contributed by atoms with Crippen LogP contribution < -0.4 is 4.90 Å². The van der Waals surface area contributed by atoms with E-state index in [1.54, 1.807) is 31.2 Å². The summed E-state index contributed by atoms with van der Waals surface area (Å²) in [6.07, 6.45) is -0.226. The zero-order chi connectivity index (χ0) is 21.1. The molecular formula is C23H23NO5. The van der Waals surface area contributed by atoms with E-state index in [-0.39, 0.29) is 24.7 Å². The van der Waals surface area contributed by atoms with Gasteiger partial charge in [0.05, 0.1) is 12.3 Å². The normalized spacial score (nSPS) is 16.3. The monoisotopic (exact) mass is 393 g/mol. The molecule has 0 saturated heterocycles. The Morgan fingerprint density at radius 3 is 2.34 bits per heavy atom. The molecule has 1 amide bonds. The Kier molecular flexibility index (Phi) is 5.92. The van der Waals surface area contributed by atoms with E-state index in [0.29, 0.717) is 16.8 Å². The van der Waals surface area contributed by atoms with Crippen LogP contribution in [0.1, 0.15) is 47.7 Å². The van der Waals surface area contributed by atoms with Crippen LogP contribution in [0.3, 0.4) is 0 Å². The van der Waals surface area contributed by atoms with Crippen molar-refractivity contribution in [3.05, 3.63) is 65.2 Å². The minimum atomic E-state index is -0.929. The van der Waals surface area contributed by atoms with Gasteiger partial charge in [0.25, 0.3) is 0 Å². The molecule has 0 aromatic heterocycles. The number of ether oxygens (including phenoxy) is 1. The lowest BCUT2D eigenvalue weighted by Gasteiger charge is -2.30. The van der Waals surface area contributed by atoms with Crippen molar-refractivity contribution in [3.8, 4) is 0 Å². The van der Waals surface area contributed by atoms with Gasteiger partial charge in [0.15, 0.2) is 5.78 Å². The minimum absolute atomic E-state index is 0.0904. The summed E-state index contributed by atoms with van der Waals surface area (Å²) in [4.78, 5) is 51.6. The van der Waals surface area contributed by atoms with Gasteiger partial charge in [0.2, 0.25) is 11.7 Å². The van der Waals surface area contributed by atoms with Crippen LogP contribution in [0.25, 0.3) is 0 Å². The van der Waals surface area contributed by atoms with E-state index in [1.165, 1.54) is 11.8 Å². The molecule has 0 N–H and O–H groups in total. The summed E-state index contributed by atoms with van der Waals surface area (Å²) in [7, 11) is 0. The first kappa shape index (κ1) is 20.5. The Morgan fingerprint density at radius 1 is 1.07 bits per heavy atom. The molecule has 2 atom stereocenters. The Labute approximate surface area is 169 Å². The third kappa shape index (κ3) is 3.97. The fourth-order valence-corrected chi connectivity index (χ4v) is 3.77. The molecular weight excluding hydrogens is 370 g/mol. The first-order valence-corrected chi connectivity index (χ1v) is 9.54. The standard InChI is InChI=1S/C23H23NO5/c1-4-29-23(28)20(26)13-18(16-11-9-14(2)10-12-16)21-22(27)17-7-5-6-8-19(17)24(21)15(3)25/h5-12,18,21H,4,13H2,1-3H3/t18-,21+/m1/s1. The third-order valence-electron chi connectivity index (χ3n) is 5.11.